The summed E-state index contributed by atoms with van der Waals surface area (Å²) in [5, 5.41) is 9.78. The van der Waals surface area contributed by atoms with Crippen molar-refractivity contribution in [3.63, 3.8) is 0 Å². The van der Waals surface area contributed by atoms with Crippen LogP contribution in [0, 0.1) is 0 Å². The molecule has 0 bridgehead atoms. The number of halogens is 1. The molecule has 3 rings (SSSR count). The zero-order valence-electron chi connectivity index (χ0n) is 11.9. The Labute approximate surface area is 132 Å². The number of hydrogen-bond acceptors (Lipinski definition) is 2. The van der Waals surface area contributed by atoms with Crippen LogP contribution < -0.4 is 0 Å². The molecule has 0 amide bonds. The summed E-state index contributed by atoms with van der Waals surface area (Å²) in [7, 11) is 0. The van der Waals surface area contributed by atoms with Gasteiger partial charge < -0.3 is 9.67 Å². The number of fused-ring (bicyclic) bond motifs is 1. The van der Waals surface area contributed by atoms with Crippen LogP contribution in [-0.4, -0.2) is 14.7 Å². The minimum Gasteiger partial charge on any atom is -0.390 e. The summed E-state index contributed by atoms with van der Waals surface area (Å²) in [6.45, 7) is 2.87. The van der Waals surface area contributed by atoms with E-state index in [1.165, 1.54) is 5.57 Å². The number of allylic oxidation sites excluding steroid dienone is 3. The van der Waals surface area contributed by atoms with Gasteiger partial charge in [-0.15, -0.1) is 0 Å². The first-order valence-corrected chi connectivity index (χ1v) is 7.85. The highest BCUT2D eigenvalue weighted by molar-refractivity contribution is 9.10. The molecule has 1 aliphatic rings. The van der Waals surface area contributed by atoms with Crippen LogP contribution in [0.5, 0.6) is 0 Å². The maximum Gasteiger partial charge on any atom is 0.134 e. The number of aromatic nitrogens is 2. The molecule has 0 spiro atoms. The van der Waals surface area contributed by atoms with Crippen molar-refractivity contribution < 1.29 is 5.11 Å². The lowest BCUT2D eigenvalue weighted by molar-refractivity contribution is 0.272. The fourth-order valence-electron chi connectivity index (χ4n) is 2.56. The van der Waals surface area contributed by atoms with E-state index in [1.54, 1.807) is 0 Å². The van der Waals surface area contributed by atoms with E-state index in [2.05, 4.69) is 45.6 Å². The Hall–Kier alpha value is -1.65. The fraction of sp³-hybridized carbons (Fsp3) is 0.235. The molecule has 1 aromatic carbocycles. The van der Waals surface area contributed by atoms with Gasteiger partial charge in [-0.1, -0.05) is 47.1 Å². The van der Waals surface area contributed by atoms with Gasteiger partial charge in [-0.05, 0) is 30.2 Å². The first kappa shape index (κ1) is 14.3. The van der Waals surface area contributed by atoms with Crippen molar-refractivity contribution in [1.82, 2.24) is 9.55 Å². The molecule has 0 saturated heterocycles. The van der Waals surface area contributed by atoms with Gasteiger partial charge in [0.25, 0.3) is 0 Å². The van der Waals surface area contributed by atoms with E-state index in [-0.39, 0.29) is 6.61 Å². The fourth-order valence-corrected chi connectivity index (χ4v) is 2.83. The van der Waals surface area contributed by atoms with Gasteiger partial charge in [-0.2, -0.15) is 0 Å². The van der Waals surface area contributed by atoms with Crippen molar-refractivity contribution >= 4 is 22.0 Å². The number of aliphatic hydroxyl groups is 1. The number of nitrogens with zero attached hydrogens (tertiary/aromatic N) is 2. The third-order valence-electron chi connectivity index (χ3n) is 3.71. The Morgan fingerprint density at radius 1 is 1.29 bits per heavy atom. The lowest BCUT2D eigenvalue weighted by Crippen LogP contribution is -2.03. The third-order valence-corrected chi connectivity index (χ3v) is 4.24. The molecule has 0 radical (unpaired) electrons. The lowest BCUT2D eigenvalue weighted by atomic mass is 10.1. The molecule has 1 aliphatic heterocycles. The number of benzene rings is 1. The van der Waals surface area contributed by atoms with Gasteiger partial charge in [-0.3, -0.25) is 0 Å². The van der Waals surface area contributed by atoms with Gasteiger partial charge in [-0.25, -0.2) is 4.98 Å². The van der Waals surface area contributed by atoms with Crippen LogP contribution in [0.15, 0.2) is 46.5 Å². The van der Waals surface area contributed by atoms with Crippen molar-refractivity contribution in [2.45, 2.75) is 26.5 Å². The molecule has 21 heavy (non-hydrogen) atoms. The standard InChI is InChI=1S/C17H17BrN2O/c1-2-12-4-3-9-20-15(11-21)17(19-16(20)10-12)13-5-7-14(18)8-6-13/h3-8,10,21H,2,9,11H2,1H3. The summed E-state index contributed by atoms with van der Waals surface area (Å²) in [6.07, 6.45) is 7.34. The molecule has 3 nitrogen and oxygen atoms in total. The minimum absolute atomic E-state index is 0.0124. The van der Waals surface area contributed by atoms with Crippen LogP contribution in [0.3, 0.4) is 0 Å². The van der Waals surface area contributed by atoms with Gasteiger partial charge in [0.05, 0.1) is 18.0 Å². The van der Waals surface area contributed by atoms with E-state index in [0.29, 0.717) is 0 Å². The molecule has 2 aromatic rings. The molecule has 0 aliphatic carbocycles. The highest BCUT2D eigenvalue weighted by Gasteiger charge is 2.17. The molecule has 1 aromatic heterocycles. The topological polar surface area (TPSA) is 38.1 Å². The highest BCUT2D eigenvalue weighted by Crippen LogP contribution is 2.28. The van der Waals surface area contributed by atoms with Crippen molar-refractivity contribution in [2.75, 3.05) is 0 Å². The minimum atomic E-state index is -0.0124. The quantitative estimate of drug-likeness (QED) is 0.907. The number of aliphatic hydroxyl groups excluding tert-OH is 1. The second kappa shape index (κ2) is 6.00. The van der Waals surface area contributed by atoms with E-state index < -0.39 is 0 Å². The smallest absolute Gasteiger partial charge is 0.134 e. The summed E-state index contributed by atoms with van der Waals surface area (Å²) >= 11 is 3.44. The van der Waals surface area contributed by atoms with Crippen LogP contribution in [0.25, 0.3) is 17.3 Å². The van der Waals surface area contributed by atoms with Crippen molar-refractivity contribution in [1.29, 1.82) is 0 Å². The van der Waals surface area contributed by atoms with E-state index in [4.69, 9.17) is 4.98 Å². The van der Waals surface area contributed by atoms with Gasteiger partial charge in [0.2, 0.25) is 0 Å². The zero-order valence-corrected chi connectivity index (χ0v) is 13.5. The monoisotopic (exact) mass is 344 g/mol. The average molecular weight is 345 g/mol. The number of rotatable bonds is 3. The Morgan fingerprint density at radius 3 is 2.71 bits per heavy atom. The Balaban J connectivity index is 2.14. The number of hydrogen-bond donors (Lipinski definition) is 1. The summed E-state index contributed by atoms with van der Waals surface area (Å²) in [4.78, 5) is 4.75. The molecular weight excluding hydrogens is 328 g/mol. The molecule has 4 heteroatoms. The molecular formula is C17H17BrN2O. The normalized spacial score (nSPS) is 13.8. The maximum atomic E-state index is 9.78. The molecule has 2 heterocycles. The third kappa shape index (κ3) is 2.74. The van der Waals surface area contributed by atoms with Crippen LogP contribution in [0.1, 0.15) is 24.9 Å². The van der Waals surface area contributed by atoms with E-state index in [1.807, 2.05) is 24.3 Å². The molecule has 0 saturated carbocycles. The van der Waals surface area contributed by atoms with Crippen LogP contribution in [0.4, 0.5) is 0 Å². The maximum absolute atomic E-state index is 9.78. The van der Waals surface area contributed by atoms with Crippen molar-refractivity contribution in [3.05, 3.63) is 58.0 Å². The second-order valence-electron chi connectivity index (χ2n) is 5.02. The van der Waals surface area contributed by atoms with E-state index in [9.17, 15) is 5.11 Å². The summed E-state index contributed by atoms with van der Waals surface area (Å²) in [5.41, 5.74) is 4.01. The summed E-state index contributed by atoms with van der Waals surface area (Å²) in [6, 6.07) is 8.03. The molecule has 108 valence electrons. The van der Waals surface area contributed by atoms with Gasteiger partial charge in [0.1, 0.15) is 5.82 Å². The molecule has 0 unspecified atom stereocenters. The summed E-state index contributed by atoms with van der Waals surface area (Å²) in [5.74, 6) is 0.916. The SMILES string of the molecule is CCC1=Cc2nc(-c3ccc(Br)cc3)c(CO)n2CC=C1. The van der Waals surface area contributed by atoms with Crippen molar-refractivity contribution in [3.8, 4) is 11.3 Å². The molecule has 0 fully saturated rings. The molecule has 1 N–H and O–H groups in total. The predicted octanol–water partition coefficient (Wildman–Crippen LogP) is 4.17. The Kier molecular flexibility index (Phi) is 4.08. The largest absolute Gasteiger partial charge is 0.390 e. The number of imidazole rings is 1. The summed E-state index contributed by atoms with van der Waals surface area (Å²) < 4.78 is 3.12. The second-order valence-corrected chi connectivity index (χ2v) is 5.93. The van der Waals surface area contributed by atoms with E-state index in [0.717, 1.165) is 40.2 Å². The van der Waals surface area contributed by atoms with Gasteiger partial charge >= 0.3 is 0 Å². The highest BCUT2D eigenvalue weighted by atomic mass is 79.9. The average Bonchev–Trinajstić information content (AvgIpc) is 2.71. The van der Waals surface area contributed by atoms with Gasteiger partial charge in [0, 0.05) is 16.6 Å². The van der Waals surface area contributed by atoms with Gasteiger partial charge in [0.15, 0.2) is 0 Å². The zero-order chi connectivity index (χ0) is 14.8. The lowest BCUT2D eigenvalue weighted by Gasteiger charge is -2.06. The van der Waals surface area contributed by atoms with Crippen LogP contribution in [-0.2, 0) is 13.2 Å². The van der Waals surface area contributed by atoms with E-state index >= 15 is 0 Å². The Bertz CT molecular complexity index is 711. The molecule has 0 atom stereocenters. The van der Waals surface area contributed by atoms with Crippen LogP contribution in [0.2, 0.25) is 0 Å². The predicted molar refractivity (Wildman–Crippen MR) is 88.7 cm³/mol. The first-order valence-electron chi connectivity index (χ1n) is 7.06. The Morgan fingerprint density at radius 2 is 2.05 bits per heavy atom. The van der Waals surface area contributed by atoms with Crippen molar-refractivity contribution in [2.24, 2.45) is 0 Å². The first-order chi connectivity index (χ1) is 10.2. The van der Waals surface area contributed by atoms with Crippen LogP contribution >= 0.6 is 15.9 Å².